The van der Waals surface area contributed by atoms with Crippen LogP contribution in [0.3, 0.4) is 0 Å². The van der Waals surface area contributed by atoms with Gasteiger partial charge in [-0.3, -0.25) is 4.99 Å². The lowest BCUT2D eigenvalue weighted by Crippen LogP contribution is -2.43. The molecular formula is C17H30N4S2. The van der Waals surface area contributed by atoms with Crippen molar-refractivity contribution >= 4 is 29.1 Å². The Kier molecular flexibility index (Phi) is 7.21. The quantitative estimate of drug-likeness (QED) is 0.448. The molecule has 0 fully saturated rings. The number of hydrogen-bond acceptors (Lipinski definition) is 4. The van der Waals surface area contributed by atoms with Crippen molar-refractivity contribution in [3.05, 3.63) is 15.6 Å². The van der Waals surface area contributed by atoms with Crippen LogP contribution in [-0.4, -0.2) is 42.1 Å². The lowest BCUT2D eigenvalue weighted by atomic mass is 10.0. The normalized spacial score (nSPS) is 15.4. The Hall–Kier alpha value is -0.750. The highest BCUT2D eigenvalue weighted by Crippen LogP contribution is 2.27. The van der Waals surface area contributed by atoms with Crippen molar-refractivity contribution in [3.63, 3.8) is 0 Å². The molecule has 130 valence electrons. The number of thioether (sulfide) groups is 1. The summed E-state index contributed by atoms with van der Waals surface area (Å²) in [6.07, 6.45) is 9.39. The predicted octanol–water partition coefficient (Wildman–Crippen LogP) is 3.26. The molecule has 2 rings (SSSR count). The van der Waals surface area contributed by atoms with Gasteiger partial charge in [-0.2, -0.15) is 11.8 Å². The highest BCUT2D eigenvalue weighted by molar-refractivity contribution is 7.99. The van der Waals surface area contributed by atoms with Crippen molar-refractivity contribution < 1.29 is 0 Å². The topological polar surface area (TPSA) is 49.3 Å². The maximum Gasteiger partial charge on any atom is 0.191 e. The van der Waals surface area contributed by atoms with E-state index < -0.39 is 0 Å². The van der Waals surface area contributed by atoms with E-state index in [1.54, 1.807) is 0 Å². The van der Waals surface area contributed by atoms with Crippen LogP contribution in [0, 0.1) is 0 Å². The summed E-state index contributed by atoms with van der Waals surface area (Å²) in [5.74, 6) is 0.894. The first-order valence-electron chi connectivity index (χ1n) is 8.51. The van der Waals surface area contributed by atoms with Gasteiger partial charge in [0.25, 0.3) is 0 Å². The van der Waals surface area contributed by atoms with Crippen LogP contribution < -0.4 is 10.6 Å². The molecule has 1 aromatic heterocycles. The van der Waals surface area contributed by atoms with Gasteiger partial charge in [-0.05, 0) is 52.2 Å². The zero-order chi connectivity index (χ0) is 16.7. The number of thiazole rings is 1. The molecule has 2 N–H and O–H groups in total. The average molecular weight is 355 g/mol. The third kappa shape index (κ3) is 5.99. The van der Waals surface area contributed by atoms with Crippen molar-refractivity contribution in [1.29, 1.82) is 0 Å². The molecule has 0 aromatic carbocycles. The molecule has 0 spiro atoms. The molecule has 0 amide bonds. The van der Waals surface area contributed by atoms with Gasteiger partial charge in [0, 0.05) is 36.2 Å². The molecule has 0 saturated carbocycles. The number of rotatable bonds is 7. The van der Waals surface area contributed by atoms with Crippen molar-refractivity contribution in [1.82, 2.24) is 15.6 Å². The van der Waals surface area contributed by atoms with E-state index in [0.29, 0.717) is 0 Å². The molecule has 0 bridgehead atoms. The summed E-state index contributed by atoms with van der Waals surface area (Å²) >= 11 is 3.79. The van der Waals surface area contributed by atoms with E-state index in [1.807, 2.05) is 30.1 Å². The number of nitrogens with one attached hydrogen (secondary N) is 2. The smallest absolute Gasteiger partial charge is 0.191 e. The van der Waals surface area contributed by atoms with Gasteiger partial charge >= 0.3 is 0 Å². The minimum atomic E-state index is 0.220. The van der Waals surface area contributed by atoms with Crippen LogP contribution in [0.15, 0.2) is 4.99 Å². The highest BCUT2D eigenvalue weighted by atomic mass is 32.2. The van der Waals surface area contributed by atoms with Crippen LogP contribution >= 0.6 is 23.1 Å². The molecule has 23 heavy (non-hydrogen) atoms. The fourth-order valence-electron chi connectivity index (χ4n) is 2.55. The van der Waals surface area contributed by atoms with E-state index in [9.17, 15) is 0 Å². The Morgan fingerprint density at radius 3 is 2.78 bits per heavy atom. The minimum absolute atomic E-state index is 0.220. The number of aryl methyl sites for hydroxylation is 3. The van der Waals surface area contributed by atoms with Crippen LogP contribution in [-0.2, 0) is 19.3 Å². The number of fused-ring (bicyclic) bond motifs is 1. The highest BCUT2D eigenvalue weighted by Gasteiger charge is 2.16. The van der Waals surface area contributed by atoms with Crippen LogP contribution in [0.1, 0.15) is 48.7 Å². The van der Waals surface area contributed by atoms with Crippen LogP contribution in [0.5, 0.6) is 0 Å². The third-order valence-corrected chi connectivity index (χ3v) is 6.67. The Balaban J connectivity index is 1.68. The molecule has 1 aliphatic rings. The maximum absolute atomic E-state index is 4.81. The Labute approximate surface area is 149 Å². The van der Waals surface area contributed by atoms with Gasteiger partial charge in [-0.25, -0.2) is 4.98 Å². The molecular weight excluding hydrogens is 324 g/mol. The average Bonchev–Trinajstić information content (AvgIpc) is 2.97. The molecule has 1 heterocycles. The van der Waals surface area contributed by atoms with E-state index in [0.717, 1.165) is 31.9 Å². The van der Waals surface area contributed by atoms with Crippen LogP contribution in [0.4, 0.5) is 0 Å². The lowest BCUT2D eigenvalue weighted by Gasteiger charge is -2.23. The third-order valence-electron chi connectivity index (χ3n) is 4.21. The standard InChI is InChI=1S/C17H30N4S2/c1-17(2,22-4)12-20-16(18-3)19-11-7-10-15-21-13-8-5-6-9-14(13)23-15/h5-12H2,1-4H3,(H2,18,19,20). The van der Waals surface area contributed by atoms with Crippen LogP contribution in [0.25, 0.3) is 0 Å². The SMILES string of the molecule is CN=C(NCCCc1nc2c(s1)CCCC2)NCC(C)(C)SC. The van der Waals surface area contributed by atoms with Crippen molar-refractivity contribution in [2.45, 2.75) is 57.1 Å². The maximum atomic E-state index is 4.81. The van der Waals surface area contributed by atoms with E-state index in [4.69, 9.17) is 4.98 Å². The van der Waals surface area contributed by atoms with E-state index in [-0.39, 0.29) is 4.75 Å². The second-order valence-electron chi connectivity index (χ2n) is 6.60. The Morgan fingerprint density at radius 2 is 2.09 bits per heavy atom. The summed E-state index contributed by atoms with van der Waals surface area (Å²) in [4.78, 5) is 10.6. The second kappa shape index (κ2) is 8.92. The number of nitrogens with zero attached hydrogens (tertiary/aromatic N) is 2. The molecule has 1 aliphatic carbocycles. The van der Waals surface area contributed by atoms with E-state index in [2.05, 4.69) is 35.7 Å². The zero-order valence-electron chi connectivity index (χ0n) is 14.9. The zero-order valence-corrected chi connectivity index (χ0v) is 16.5. The summed E-state index contributed by atoms with van der Waals surface area (Å²) in [5, 5.41) is 8.12. The van der Waals surface area contributed by atoms with Gasteiger partial charge in [-0.1, -0.05) is 0 Å². The van der Waals surface area contributed by atoms with Crippen molar-refractivity contribution in [3.8, 4) is 0 Å². The molecule has 6 heteroatoms. The van der Waals surface area contributed by atoms with Gasteiger partial charge in [-0.15, -0.1) is 11.3 Å². The molecule has 0 unspecified atom stereocenters. The fourth-order valence-corrected chi connectivity index (χ4v) is 3.96. The second-order valence-corrected chi connectivity index (χ2v) is 9.29. The molecule has 4 nitrogen and oxygen atoms in total. The largest absolute Gasteiger partial charge is 0.356 e. The van der Waals surface area contributed by atoms with Gasteiger partial charge < -0.3 is 10.6 Å². The number of aliphatic imine (C=N–C) groups is 1. The van der Waals surface area contributed by atoms with Gasteiger partial charge in [0.1, 0.15) is 0 Å². The first-order chi connectivity index (χ1) is 11.0. The molecule has 0 atom stereocenters. The number of hydrogen-bond donors (Lipinski definition) is 2. The summed E-state index contributed by atoms with van der Waals surface area (Å²) in [7, 11) is 1.83. The predicted molar refractivity (Wildman–Crippen MR) is 104 cm³/mol. The Morgan fingerprint density at radius 1 is 1.30 bits per heavy atom. The van der Waals surface area contributed by atoms with E-state index >= 15 is 0 Å². The first kappa shape index (κ1) is 18.6. The molecule has 1 aromatic rings. The monoisotopic (exact) mass is 354 g/mol. The summed E-state index contributed by atoms with van der Waals surface area (Å²) in [5.41, 5.74) is 1.38. The van der Waals surface area contributed by atoms with E-state index in [1.165, 1.54) is 41.3 Å². The minimum Gasteiger partial charge on any atom is -0.356 e. The summed E-state index contributed by atoms with van der Waals surface area (Å²) < 4.78 is 0.220. The number of aromatic nitrogens is 1. The van der Waals surface area contributed by atoms with Gasteiger partial charge in [0.15, 0.2) is 5.96 Å². The lowest BCUT2D eigenvalue weighted by molar-refractivity contribution is 0.658. The summed E-state index contributed by atoms with van der Waals surface area (Å²) in [6, 6.07) is 0. The van der Waals surface area contributed by atoms with Gasteiger partial charge in [0.2, 0.25) is 0 Å². The van der Waals surface area contributed by atoms with Crippen molar-refractivity contribution in [2.24, 2.45) is 4.99 Å². The molecule has 0 aliphatic heterocycles. The van der Waals surface area contributed by atoms with Crippen LogP contribution in [0.2, 0.25) is 0 Å². The molecule has 0 radical (unpaired) electrons. The Bertz CT molecular complexity index is 499. The fraction of sp³-hybridized carbons (Fsp3) is 0.765. The summed E-state index contributed by atoms with van der Waals surface area (Å²) in [6.45, 7) is 6.32. The van der Waals surface area contributed by atoms with Gasteiger partial charge in [0.05, 0.1) is 10.7 Å². The van der Waals surface area contributed by atoms with Crippen molar-refractivity contribution in [2.75, 3.05) is 26.4 Å². The first-order valence-corrected chi connectivity index (χ1v) is 10.6. The molecule has 0 saturated heterocycles. The number of guanidine groups is 1.